The first-order chi connectivity index (χ1) is 11.1. The molecule has 0 unspecified atom stereocenters. The maximum atomic E-state index is 12.0. The Hall–Kier alpha value is -2.99. The van der Waals surface area contributed by atoms with Crippen molar-refractivity contribution in [3.05, 3.63) is 88.5 Å². The first-order valence-electron chi connectivity index (χ1n) is 7.08. The second-order valence-corrected chi connectivity index (χ2v) is 4.89. The smallest absolute Gasteiger partial charge is 0.269 e. The summed E-state index contributed by atoms with van der Waals surface area (Å²) in [6.45, 7) is 3.70. The van der Waals surface area contributed by atoms with Gasteiger partial charge in [-0.3, -0.25) is 20.3 Å². The SMILES string of the molecule is C=CC[C@H](NNC(=O)c1ccccc1)c1ccc([N+](=O)[O-])cc1. The number of nitrogens with one attached hydrogen (secondary N) is 2. The molecule has 0 radical (unpaired) electrons. The highest BCUT2D eigenvalue weighted by Gasteiger charge is 2.13. The Kier molecular flexibility index (Phi) is 5.60. The van der Waals surface area contributed by atoms with E-state index in [4.69, 9.17) is 0 Å². The van der Waals surface area contributed by atoms with Gasteiger partial charge in [-0.1, -0.05) is 36.4 Å². The summed E-state index contributed by atoms with van der Waals surface area (Å²) >= 11 is 0. The molecule has 0 aliphatic rings. The van der Waals surface area contributed by atoms with Gasteiger partial charge in [0, 0.05) is 17.7 Å². The summed E-state index contributed by atoms with van der Waals surface area (Å²) in [5, 5.41) is 10.7. The van der Waals surface area contributed by atoms with Crippen LogP contribution in [0.3, 0.4) is 0 Å². The molecule has 0 bridgehead atoms. The van der Waals surface area contributed by atoms with Crippen molar-refractivity contribution < 1.29 is 9.72 Å². The highest BCUT2D eigenvalue weighted by Crippen LogP contribution is 2.20. The number of carbonyl (C=O) groups excluding carboxylic acids is 1. The average molecular weight is 311 g/mol. The molecule has 0 saturated heterocycles. The zero-order valence-corrected chi connectivity index (χ0v) is 12.4. The molecule has 0 spiro atoms. The van der Waals surface area contributed by atoms with E-state index in [0.29, 0.717) is 12.0 Å². The third kappa shape index (κ3) is 4.49. The van der Waals surface area contributed by atoms with Crippen molar-refractivity contribution in [1.29, 1.82) is 0 Å². The molecule has 1 amide bonds. The van der Waals surface area contributed by atoms with Crippen molar-refractivity contribution in [2.75, 3.05) is 0 Å². The summed E-state index contributed by atoms with van der Waals surface area (Å²) in [6.07, 6.45) is 2.28. The first kappa shape index (κ1) is 16.4. The summed E-state index contributed by atoms with van der Waals surface area (Å²) in [5.74, 6) is -0.249. The fourth-order valence-electron chi connectivity index (χ4n) is 2.09. The summed E-state index contributed by atoms with van der Waals surface area (Å²) in [6, 6.07) is 14.8. The van der Waals surface area contributed by atoms with Gasteiger partial charge in [-0.15, -0.1) is 6.58 Å². The number of carbonyl (C=O) groups is 1. The molecule has 0 fully saturated rings. The van der Waals surface area contributed by atoms with Crippen LogP contribution in [0.1, 0.15) is 28.4 Å². The Morgan fingerprint density at radius 3 is 2.39 bits per heavy atom. The van der Waals surface area contributed by atoms with Crippen LogP contribution in [0.25, 0.3) is 0 Å². The van der Waals surface area contributed by atoms with E-state index in [1.54, 1.807) is 42.5 Å². The summed E-state index contributed by atoms with van der Waals surface area (Å²) in [4.78, 5) is 22.3. The van der Waals surface area contributed by atoms with Crippen LogP contribution in [0.5, 0.6) is 0 Å². The second kappa shape index (κ2) is 7.86. The van der Waals surface area contributed by atoms with Crippen LogP contribution in [0.15, 0.2) is 67.3 Å². The number of hydrogen-bond acceptors (Lipinski definition) is 4. The monoisotopic (exact) mass is 311 g/mol. The molecule has 6 nitrogen and oxygen atoms in total. The zero-order valence-electron chi connectivity index (χ0n) is 12.4. The fraction of sp³-hybridized carbons (Fsp3) is 0.118. The van der Waals surface area contributed by atoms with Gasteiger partial charge in [-0.2, -0.15) is 0 Å². The predicted molar refractivity (Wildman–Crippen MR) is 87.7 cm³/mol. The number of hydrogen-bond donors (Lipinski definition) is 2. The molecule has 0 aliphatic heterocycles. The minimum atomic E-state index is -0.448. The molecule has 118 valence electrons. The number of rotatable bonds is 7. The largest absolute Gasteiger partial charge is 0.287 e. The summed E-state index contributed by atoms with van der Waals surface area (Å²) < 4.78 is 0. The van der Waals surface area contributed by atoms with E-state index in [9.17, 15) is 14.9 Å². The molecular weight excluding hydrogens is 294 g/mol. The van der Waals surface area contributed by atoms with Gasteiger partial charge >= 0.3 is 0 Å². The van der Waals surface area contributed by atoms with Gasteiger partial charge in [0.05, 0.1) is 11.0 Å². The van der Waals surface area contributed by atoms with E-state index in [1.165, 1.54) is 12.1 Å². The van der Waals surface area contributed by atoms with E-state index in [2.05, 4.69) is 17.4 Å². The van der Waals surface area contributed by atoms with Gasteiger partial charge in [0.1, 0.15) is 0 Å². The molecule has 0 heterocycles. The zero-order chi connectivity index (χ0) is 16.7. The molecule has 2 aromatic carbocycles. The van der Waals surface area contributed by atoms with Gasteiger partial charge in [0.25, 0.3) is 11.6 Å². The van der Waals surface area contributed by atoms with Crippen molar-refractivity contribution in [1.82, 2.24) is 10.9 Å². The topological polar surface area (TPSA) is 84.3 Å². The lowest BCUT2D eigenvalue weighted by Crippen LogP contribution is -2.39. The number of nitro benzene ring substituents is 1. The Morgan fingerprint density at radius 1 is 1.17 bits per heavy atom. The molecule has 0 aliphatic carbocycles. The maximum absolute atomic E-state index is 12.0. The number of nitro groups is 1. The van der Waals surface area contributed by atoms with E-state index >= 15 is 0 Å². The van der Waals surface area contributed by atoms with E-state index in [0.717, 1.165) is 5.56 Å². The van der Waals surface area contributed by atoms with Crippen LogP contribution in [-0.2, 0) is 0 Å². The minimum absolute atomic E-state index is 0.0272. The van der Waals surface area contributed by atoms with Crippen molar-refractivity contribution in [3.8, 4) is 0 Å². The van der Waals surface area contributed by atoms with Crippen LogP contribution in [0, 0.1) is 10.1 Å². The van der Waals surface area contributed by atoms with Crippen LogP contribution in [0.4, 0.5) is 5.69 Å². The number of nitrogens with zero attached hydrogens (tertiary/aromatic N) is 1. The lowest BCUT2D eigenvalue weighted by atomic mass is 10.0. The lowest BCUT2D eigenvalue weighted by Gasteiger charge is -2.18. The molecule has 2 aromatic rings. The third-order valence-corrected chi connectivity index (χ3v) is 3.30. The minimum Gasteiger partial charge on any atom is -0.287 e. The number of amides is 1. The number of benzene rings is 2. The lowest BCUT2D eigenvalue weighted by molar-refractivity contribution is -0.384. The first-order valence-corrected chi connectivity index (χ1v) is 7.08. The molecular formula is C17H17N3O3. The predicted octanol–water partition coefficient (Wildman–Crippen LogP) is 3.15. The molecule has 0 saturated carbocycles. The van der Waals surface area contributed by atoms with Crippen molar-refractivity contribution >= 4 is 11.6 Å². The second-order valence-electron chi connectivity index (χ2n) is 4.89. The van der Waals surface area contributed by atoms with Crippen LogP contribution < -0.4 is 10.9 Å². The molecule has 0 aromatic heterocycles. The third-order valence-electron chi connectivity index (χ3n) is 3.30. The molecule has 2 N–H and O–H groups in total. The van der Waals surface area contributed by atoms with E-state index in [-0.39, 0.29) is 17.6 Å². The van der Waals surface area contributed by atoms with Gasteiger partial charge in [-0.05, 0) is 24.1 Å². The average Bonchev–Trinajstić information content (AvgIpc) is 2.59. The Labute approximate surface area is 134 Å². The Bertz CT molecular complexity index is 684. The van der Waals surface area contributed by atoms with Crippen molar-refractivity contribution in [3.63, 3.8) is 0 Å². The van der Waals surface area contributed by atoms with Crippen LogP contribution >= 0.6 is 0 Å². The Balaban J connectivity index is 2.05. The van der Waals surface area contributed by atoms with Gasteiger partial charge in [0.15, 0.2) is 0 Å². The molecule has 23 heavy (non-hydrogen) atoms. The summed E-state index contributed by atoms with van der Waals surface area (Å²) in [5.41, 5.74) is 6.99. The molecule has 2 rings (SSSR count). The highest BCUT2D eigenvalue weighted by atomic mass is 16.6. The fourth-order valence-corrected chi connectivity index (χ4v) is 2.09. The quantitative estimate of drug-likeness (QED) is 0.467. The van der Waals surface area contributed by atoms with Crippen LogP contribution in [0.2, 0.25) is 0 Å². The number of non-ortho nitro benzene ring substituents is 1. The summed E-state index contributed by atoms with van der Waals surface area (Å²) in [7, 11) is 0. The maximum Gasteiger partial charge on any atom is 0.269 e. The number of hydrazine groups is 1. The highest BCUT2D eigenvalue weighted by molar-refractivity contribution is 5.93. The van der Waals surface area contributed by atoms with E-state index < -0.39 is 4.92 Å². The standard InChI is InChI=1S/C17H17N3O3/c1-2-6-16(13-9-11-15(12-10-13)20(22)23)18-19-17(21)14-7-4-3-5-8-14/h2-5,7-12,16,18H,1,6H2,(H,19,21)/t16-/m0/s1. The van der Waals surface area contributed by atoms with Gasteiger partial charge < -0.3 is 0 Å². The van der Waals surface area contributed by atoms with Gasteiger partial charge in [-0.25, -0.2) is 5.43 Å². The van der Waals surface area contributed by atoms with Crippen molar-refractivity contribution in [2.45, 2.75) is 12.5 Å². The molecule has 1 atom stereocenters. The normalized spacial score (nSPS) is 11.5. The van der Waals surface area contributed by atoms with Gasteiger partial charge in [0.2, 0.25) is 0 Å². The van der Waals surface area contributed by atoms with Crippen molar-refractivity contribution in [2.24, 2.45) is 0 Å². The van der Waals surface area contributed by atoms with Crippen LogP contribution in [-0.4, -0.2) is 10.8 Å². The molecule has 6 heteroatoms. The Morgan fingerprint density at radius 2 is 1.83 bits per heavy atom. The van der Waals surface area contributed by atoms with E-state index in [1.807, 2.05) is 6.07 Å².